The van der Waals surface area contributed by atoms with E-state index in [1.165, 1.54) is 20.8 Å². The summed E-state index contributed by atoms with van der Waals surface area (Å²) in [6.45, 7) is 8.87. The van der Waals surface area contributed by atoms with Gasteiger partial charge in [-0.2, -0.15) is 0 Å². The van der Waals surface area contributed by atoms with Crippen molar-refractivity contribution in [1.29, 1.82) is 0 Å². The van der Waals surface area contributed by atoms with E-state index >= 15 is 0 Å². The molecule has 1 aromatic rings. The van der Waals surface area contributed by atoms with Crippen LogP contribution in [0.25, 0.3) is 0 Å². The molecule has 0 spiro atoms. The fraction of sp³-hybridized carbons (Fsp3) is 0.476. The molecular weight excluding hydrogens is 416 g/mol. The fourth-order valence-electron chi connectivity index (χ4n) is 3.19. The fourth-order valence-corrected chi connectivity index (χ4v) is 3.32. The second-order valence-corrected chi connectivity index (χ2v) is 7.32. The molecule has 1 aliphatic rings. The minimum Gasteiger partial charge on any atom is -0.489 e. The Balaban J connectivity index is 2.51. The van der Waals surface area contributed by atoms with Gasteiger partial charge in [0.2, 0.25) is 0 Å². The third-order valence-corrected chi connectivity index (χ3v) is 4.48. The molecule has 8 nitrogen and oxygen atoms in total. The number of carbonyl (C=O) groups is 3. The summed E-state index contributed by atoms with van der Waals surface area (Å²) >= 11 is 5.99. The Bertz CT molecular complexity index is 791. The number of allylic oxidation sites excluding steroid dienone is 1. The Morgan fingerprint density at radius 3 is 1.97 bits per heavy atom. The van der Waals surface area contributed by atoms with Crippen molar-refractivity contribution in [3.05, 3.63) is 47.2 Å². The zero-order valence-electron chi connectivity index (χ0n) is 17.3. The topological polar surface area (TPSA) is 97.4 Å². The van der Waals surface area contributed by atoms with Crippen LogP contribution in [0.1, 0.15) is 39.4 Å². The van der Waals surface area contributed by atoms with Gasteiger partial charge < -0.3 is 23.7 Å². The van der Waals surface area contributed by atoms with Crippen LogP contribution in [0.5, 0.6) is 0 Å². The largest absolute Gasteiger partial charge is 0.489 e. The summed E-state index contributed by atoms with van der Waals surface area (Å²) in [6, 6.07) is 6.83. The SMILES string of the molecule is C=C(C)O[C@@H]1[C@@H](OC(C)=O)[C@H](OC(C)=O)[C@@H](COC(C)=O)O[C@H]1c1ccc(Cl)cc1. The minimum absolute atomic E-state index is 0.213. The lowest BCUT2D eigenvalue weighted by atomic mass is 9.90. The van der Waals surface area contributed by atoms with E-state index in [9.17, 15) is 14.4 Å². The zero-order valence-corrected chi connectivity index (χ0v) is 18.0. The number of rotatable bonds is 7. The molecule has 0 amide bonds. The summed E-state index contributed by atoms with van der Waals surface area (Å²) < 4.78 is 28.0. The Morgan fingerprint density at radius 1 is 0.900 bits per heavy atom. The van der Waals surface area contributed by atoms with Crippen LogP contribution in [0.3, 0.4) is 0 Å². The molecule has 1 heterocycles. The number of ether oxygens (including phenoxy) is 5. The zero-order chi connectivity index (χ0) is 22.4. The van der Waals surface area contributed by atoms with Crippen molar-refractivity contribution < 1.29 is 38.1 Å². The molecule has 1 saturated heterocycles. The highest BCUT2D eigenvalue weighted by Gasteiger charge is 2.52. The van der Waals surface area contributed by atoms with Gasteiger partial charge in [-0.25, -0.2) is 0 Å². The molecule has 0 aliphatic carbocycles. The summed E-state index contributed by atoms with van der Waals surface area (Å²) in [5.41, 5.74) is 0.678. The van der Waals surface area contributed by atoms with Gasteiger partial charge in [0.25, 0.3) is 0 Å². The number of hydrogen-bond donors (Lipinski definition) is 0. The maximum atomic E-state index is 11.9. The molecule has 0 unspecified atom stereocenters. The molecule has 1 fully saturated rings. The molecule has 0 bridgehead atoms. The Kier molecular flexibility index (Phi) is 8.25. The quantitative estimate of drug-likeness (QED) is 0.362. The van der Waals surface area contributed by atoms with E-state index in [0.29, 0.717) is 16.3 Å². The van der Waals surface area contributed by atoms with Crippen LogP contribution in [0.2, 0.25) is 5.02 Å². The lowest BCUT2D eigenvalue weighted by Gasteiger charge is -2.45. The van der Waals surface area contributed by atoms with E-state index in [1.54, 1.807) is 31.2 Å². The Hall–Kier alpha value is -2.58. The molecule has 5 atom stereocenters. The molecule has 0 radical (unpaired) electrons. The van der Waals surface area contributed by atoms with Crippen LogP contribution in [0.4, 0.5) is 0 Å². The number of benzene rings is 1. The highest BCUT2D eigenvalue weighted by atomic mass is 35.5. The van der Waals surface area contributed by atoms with Crippen molar-refractivity contribution in [3.63, 3.8) is 0 Å². The van der Waals surface area contributed by atoms with Crippen molar-refractivity contribution >= 4 is 29.5 Å². The molecule has 1 aliphatic heterocycles. The van der Waals surface area contributed by atoms with Crippen molar-refractivity contribution in [1.82, 2.24) is 0 Å². The molecule has 1 aromatic carbocycles. The van der Waals surface area contributed by atoms with Crippen LogP contribution < -0.4 is 0 Å². The van der Waals surface area contributed by atoms with E-state index < -0.39 is 48.4 Å². The van der Waals surface area contributed by atoms with Gasteiger partial charge >= 0.3 is 17.9 Å². The molecule has 164 valence electrons. The molecule has 0 aromatic heterocycles. The van der Waals surface area contributed by atoms with E-state index in [0.717, 1.165) is 0 Å². The maximum absolute atomic E-state index is 11.9. The second-order valence-electron chi connectivity index (χ2n) is 6.88. The first-order valence-electron chi connectivity index (χ1n) is 9.29. The molecule has 30 heavy (non-hydrogen) atoms. The highest BCUT2D eigenvalue weighted by molar-refractivity contribution is 6.30. The van der Waals surface area contributed by atoms with Gasteiger partial charge in [0, 0.05) is 25.8 Å². The first kappa shape index (κ1) is 23.7. The average molecular weight is 441 g/mol. The first-order chi connectivity index (χ1) is 14.1. The molecule has 0 N–H and O–H groups in total. The van der Waals surface area contributed by atoms with Gasteiger partial charge in [-0.05, 0) is 24.6 Å². The lowest BCUT2D eigenvalue weighted by molar-refractivity contribution is -0.252. The van der Waals surface area contributed by atoms with Gasteiger partial charge in [-0.15, -0.1) is 0 Å². The van der Waals surface area contributed by atoms with Crippen molar-refractivity contribution in [2.45, 2.75) is 58.2 Å². The van der Waals surface area contributed by atoms with Gasteiger partial charge in [0.15, 0.2) is 18.3 Å². The molecule has 9 heteroatoms. The van der Waals surface area contributed by atoms with Crippen molar-refractivity contribution in [3.8, 4) is 0 Å². The van der Waals surface area contributed by atoms with E-state index in [-0.39, 0.29) is 6.61 Å². The Morgan fingerprint density at radius 2 is 1.47 bits per heavy atom. The van der Waals surface area contributed by atoms with Crippen molar-refractivity contribution in [2.75, 3.05) is 6.61 Å². The van der Waals surface area contributed by atoms with Crippen LogP contribution in [0.15, 0.2) is 36.6 Å². The van der Waals surface area contributed by atoms with Crippen molar-refractivity contribution in [2.24, 2.45) is 0 Å². The van der Waals surface area contributed by atoms with Gasteiger partial charge in [0.05, 0.1) is 5.76 Å². The van der Waals surface area contributed by atoms with Crippen LogP contribution in [-0.4, -0.2) is 48.9 Å². The van der Waals surface area contributed by atoms with Gasteiger partial charge in [-0.1, -0.05) is 30.3 Å². The lowest BCUT2D eigenvalue weighted by Crippen LogP contribution is -2.59. The summed E-state index contributed by atoms with van der Waals surface area (Å²) in [5, 5.41) is 0.526. The number of esters is 3. The third-order valence-electron chi connectivity index (χ3n) is 4.22. The monoisotopic (exact) mass is 440 g/mol. The molecule has 0 saturated carbocycles. The smallest absolute Gasteiger partial charge is 0.303 e. The molecule has 2 rings (SSSR count). The predicted molar refractivity (Wildman–Crippen MR) is 106 cm³/mol. The second kappa shape index (κ2) is 10.4. The summed E-state index contributed by atoms with van der Waals surface area (Å²) in [6.07, 6.45) is -4.66. The maximum Gasteiger partial charge on any atom is 0.303 e. The number of hydrogen-bond acceptors (Lipinski definition) is 8. The van der Waals surface area contributed by atoms with Crippen LogP contribution >= 0.6 is 11.6 Å². The Labute approximate surface area is 180 Å². The normalized spacial score (nSPS) is 25.7. The minimum atomic E-state index is -1.07. The summed E-state index contributed by atoms with van der Waals surface area (Å²) in [5.74, 6) is -1.41. The van der Waals surface area contributed by atoms with Crippen LogP contribution in [0, 0.1) is 0 Å². The first-order valence-corrected chi connectivity index (χ1v) is 9.67. The van der Waals surface area contributed by atoms with Gasteiger partial charge in [-0.3, -0.25) is 14.4 Å². The molecular formula is C21H25ClO8. The summed E-state index contributed by atoms with van der Waals surface area (Å²) in [4.78, 5) is 34.9. The van der Waals surface area contributed by atoms with Gasteiger partial charge in [0.1, 0.15) is 18.8 Å². The van der Waals surface area contributed by atoms with E-state index in [4.69, 9.17) is 35.3 Å². The average Bonchev–Trinajstić information content (AvgIpc) is 2.63. The van der Waals surface area contributed by atoms with E-state index in [2.05, 4.69) is 6.58 Å². The van der Waals surface area contributed by atoms with Crippen LogP contribution in [-0.2, 0) is 38.1 Å². The third kappa shape index (κ3) is 6.47. The number of carbonyl (C=O) groups excluding carboxylic acids is 3. The number of halogens is 1. The summed E-state index contributed by atoms with van der Waals surface area (Å²) in [7, 11) is 0. The van der Waals surface area contributed by atoms with E-state index in [1.807, 2.05) is 0 Å². The standard InChI is InChI=1S/C21H25ClO8/c1-11(2)27-20-18(15-6-8-16(22)9-7-15)30-17(10-26-12(3)23)19(28-13(4)24)21(20)29-14(5)25/h6-9,17-21H,1,10H2,2-5H3/t17-,18+,19-,20+,21+/m1/s1. The highest BCUT2D eigenvalue weighted by Crippen LogP contribution is 2.38. The predicted octanol–water partition coefficient (Wildman–Crippen LogP) is 3.13.